The summed E-state index contributed by atoms with van der Waals surface area (Å²) < 4.78 is 1.75. The van der Waals surface area contributed by atoms with Crippen molar-refractivity contribution in [3.8, 4) is 0 Å². The summed E-state index contributed by atoms with van der Waals surface area (Å²) in [6.07, 6.45) is 5.71. The van der Waals surface area contributed by atoms with E-state index < -0.39 is 0 Å². The average Bonchev–Trinajstić information content (AvgIpc) is 3.37. The second-order valence-corrected chi connectivity index (χ2v) is 7.78. The van der Waals surface area contributed by atoms with Gasteiger partial charge in [0.1, 0.15) is 11.6 Å². The Labute approximate surface area is 173 Å². The van der Waals surface area contributed by atoms with Crippen molar-refractivity contribution in [2.24, 2.45) is 0 Å². The van der Waals surface area contributed by atoms with E-state index in [2.05, 4.69) is 40.1 Å². The number of hydrogen-bond acceptors (Lipinski definition) is 6. The molecule has 2 fully saturated rings. The zero-order valence-electron chi connectivity index (χ0n) is 16.6. The lowest BCUT2D eigenvalue weighted by Crippen LogP contribution is -2.19. The van der Waals surface area contributed by atoms with E-state index in [0.717, 1.165) is 24.2 Å². The third-order valence-electron chi connectivity index (χ3n) is 5.32. The van der Waals surface area contributed by atoms with Crippen LogP contribution >= 0.6 is 0 Å². The molecule has 2 aromatic heterocycles. The minimum atomic E-state index is -0.359. The number of carbonyl (C=O) groups is 2. The fraction of sp³-hybridized carbons (Fsp3) is 0.273. The van der Waals surface area contributed by atoms with E-state index in [-0.39, 0.29) is 24.3 Å². The maximum absolute atomic E-state index is 12.0. The van der Waals surface area contributed by atoms with E-state index in [1.807, 2.05) is 24.3 Å². The van der Waals surface area contributed by atoms with Gasteiger partial charge in [-0.2, -0.15) is 9.61 Å². The Bertz CT molecular complexity index is 1160. The van der Waals surface area contributed by atoms with Crippen molar-refractivity contribution in [1.29, 1.82) is 0 Å². The monoisotopic (exact) mass is 402 g/mol. The van der Waals surface area contributed by atoms with Crippen LogP contribution < -0.4 is 16.0 Å². The molecule has 152 valence electrons. The van der Waals surface area contributed by atoms with Crippen LogP contribution in [0.1, 0.15) is 43.4 Å². The summed E-state index contributed by atoms with van der Waals surface area (Å²) in [6, 6.07) is 12.6. The van der Waals surface area contributed by atoms with Gasteiger partial charge < -0.3 is 10.6 Å². The molecule has 1 atom stereocenters. The maximum atomic E-state index is 12.0. The highest BCUT2D eigenvalue weighted by Gasteiger charge is 2.26. The Hall–Kier alpha value is -3.68. The Morgan fingerprint density at radius 2 is 2.03 bits per heavy atom. The lowest BCUT2D eigenvalue weighted by Gasteiger charge is -2.17. The first-order chi connectivity index (χ1) is 14.6. The standard InChI is InChI=1S/C22H22N6O2/c1-13(14-5-3-2-4-6-14)24-18-11-19(25-17-7-8-17)28-21(26-18)16(12-23-28)9-15-10-20(29)27-22(15)30/h2-6,9,11-13,17,25H,7-8,10H2,1H3,(H,24,26)(H,27,29,30)/b15-9+. The Balaban J connectivity index is 1.53. The highest BCUT2D eigenvalue weighted by atomic mass is 16.2. The number of nitrogens with zero attached hydrogens (tertiary/aromatic N) is 3. The van der Waals surface area contributed by atoms with Crippen LogP contribution in [0.3, 0.4) is 0 Å². The van der Waals surface area contributed by atoms with Gasteiger partial charge in [0, 0.05) is 29.3 Å². The van der Waals surface area contributed by atoms with Gasteiger partial charge in [0.15, 0.2) is 5.65 Å². The number of benzene rings is 1. The number of aromatic nitrogens is 3. The molecule has 0 spiro atoms. The number of rotatable bonds is 6. The first-order valence-electron chi connectivity index (χ1n) is 10.1. The topological polar surface area (TPSA) is 100 Å². The quantitative estimate of drug-likeness (QED) is 0.433. The predicted molar refractivity (Wildman–Crippen MR) is 114 cm³/mol. The van der Waals surface area contributed by atoms with Crippen LogP contribution in [-0.2, 0) is 9.59 Å². The zero-order valence-corrected chi connectivity index (χ0v) is 16.6. The summed E-state index contributed by atoms with van der Waals surface area (Å²) in [5.41, 5.74) is 2.91. The van der Waals surface area contributed by atoms with Crippen molar-refractivity contribution >= 4 is 35.2 Å². The molecule has 8 heteroatoms. The maximum Gasteiger partial charge on any atom is 0.254 e. The van der Waals surface area contributed by atoms with Gasteiger partial charge in [0.2, 0.25) is 5.91 Å². The number of hydrogen-bond donors (Lipinski definition) is 3. The van der Waals surface area contributed by atoms with E-state index in [1.165, 1.54) is 0 Å². The van der Waals surface area contributed by atoms with Gasteiger partial charge >= 0.3 is 0 Å². The van der Waals surface area contributed by atoms with Gasteiger partial charge in [-0.05, 0) is 31.4 Å². The van der Waals surface area contributed by atoms with Gasteiger partial charge in [0.05, 0.1) is 12.6 Å². The Kier molecular flexibility index (Phi) is 4.46. The SMILES string of the molecule is CC(Nc1cc(NC2CC2)n2ncc(/C=C3\CC(=O)NC3=O)c2n1)c1ccccc1. The van der Waals surface area contributed by atoms with Crippen LogP contribution in [-0.4, -0.2) is 32.5 Å². The van der Waals surface area contributed by atoms with Crippen LogP contribution in [0.2, 0.25) is 0 Å². The van der Waals surface area contributed by atoms with Crippen molar-refractivity contribution in [3.05, 3.63) is 59.3 Å². The van der Waals surface area contributed by atoms with Crippen molar-refractivity contribution in [3.63, 3.8) is 0 Å². The molecule has 3 N–H and O–H groups in total. The van der Waals surface area contributed by atoms with Crippen LogP contribution in [0.5, 0.6) is 0 Å². The lowest BCUT2D eigenvalue weighted by molar-refractivity contribution is -0.124. The number of imide groups is 1. The molecule has 0 bridgehead atoms. The molecule has 30 heavy (non-hydrogen) atoms. The minimum Gasteiger partial charge on any atom is -0.367 e. The van der Waals surface area contributed by atoms with Crippen LogP contribution in [0.25, 0.3) is 11.7 Å². The summed E-state index contributed by atoms with van der Waals surface area (Å²) in [6.45, 7) is 2.09. The van der Waals surface area contributed by atoms with E-state index in [4.69, 9.17) is 4.98 Å². The minimum absolute atomic E-state index is 0.0675. The van der Waals surface area contributed by atoms with Crippen molar-refractivity contribution < 1.29 is 9.59 Å². The van der Waals surface area contributed by atoms with Gasteiger partial charge in [-0.25, -0.2) is 4.98 Å². The smallest absolute Gasteiger partial charge is 0.254 e. The van der Waals surface area contributed by atoms with E-state index in [0.29, 0.717) is 28.6 Å². The number of nitrogens with one attached hydrogen (secondary N) is 3. The molecule has 2 aliphatic rings. The summed E-state index contributed by atoms with van der Waals surface area (Å²) >= 11 is 0. The number of amides is 2. The van der Waals surface area contributed by atoms with Crippen molar-refractivity contribution in [2.45, 2.75) is 38.3 Å². The molecule has 1 aromatic carbocycles. The van der Waals surface area contributed by atoms with Gasteiger partial charge in [-0.15, -0.1) is 0 Å². The van der Waals surface area contributed by atoms with E-state index >= 15 is 0 Å². The molecule has 3 heterocycles. The number of carbonyl (C=O) groups excluding carboxylic acids is 2. The van der Waals surface area contributed by atoms with E-state index in [1.54, 1.807) is 16.8 Å². The number of anilines is 2. The van der Waals surface area contributed by atoms with Gasteiger partial charge in [0.25, 0.3) is 5.91 Å². The summed E-state index contributed by atoms with van der Waals surface area (Å²) in [7, 11) is 0. The normalized spacial score (nSPS) is 18.6. The fourth-order valence-electron chi connectivity index (χ4n) is 3.55. The molecule has 1 aliphatic heterocycles. The average molecular weight is 402 g/mol. The molecular formula is C22H22N6O2. The molecule has 3 aromatic rings. The first kappa shape index (κ1) is 18.4. The number of fused-ring (bicyclic) bond motifs is 1. The van der Waals surface area contributed by atoms with Gasteiger partial charge in [-0.1, -0.05) is 30.3 Å². The third-order valence-corrected chi connectivity index (χ3v) is 5.32. The summed E-state index contributed by atoms with van der Waals surface area (Å²) in [5, 5.41) is 13.7. The molecule has 8 nitrogen and oxygen atoms in total. The molecule has 1 saturated heterocycles. The van der Waals surface area contributed by atoms with Crippen LogP contribution in [0.4, 0.5) is 11.6 Å². The summed E-state index contributed by atoms with van der Waals surface area (Å²) in [5.74, 6) is 0.921. The summed E-state index contributed by atoms with van der Waals surface area (Å²) in [4.78, 5) is 28.2. The van der Waals surface area contributed by atoms with Crippen LogP contribution in [0.15, 0.2) is 48.2 Å². The molecule has 1 unspecified atom stereocenters. The predicted octanol–water partition coefficient (Wildman–Crippen LogP) is 2.91. The largest absolute Gasteiger partial charge is 0.367 e. The first-order valence-corrected chi connectivity index (χ1v) is 10.1. The van der Waals surface area contributed by atoms with Gasteiger partial charge in [-0.3, -0.25) is 14.9 Å². The second kappa shape index (κ2) is 7.29. The van der Waals surface area contributed by atoms with Crippen molar-refractivity contribution in [2.75, 3.05) is 10.6 Å². The molecular weight excluding hydrogens is 380 g/mol. The lowest BCUT2D eigenvalue weighted by atomic mass is 10.1. The Morgan fingerprint density at radius 1 is 1.23 bits per heavy atom. The second-order valence-electron chi connectivity index (χ2n) is 7.78. The molecule has 0 radical (unpaired) electrons. The molecule has 1 aliphatic carbocycles. The molecule has 2 amide bonds. The highest BCUT2D eigenvalue weighted by molar-refractivity contribution is 6.15. The Morgan fingerprint density at radius 3 is 2.73 bits per heavy atom. The van der Waals surface area contributed by atoms with Crippen molar-refractivity contribution in [1.82, 2.24) is 19.9 Å². The fourth-order valence-corrected chi connectivity index (χ4v) is 3.55. The molecule has 5 rings (SSSR count). The highest BCUT2D eigenvalue weighted by Crippen LogP contribution is 2.29. The molecule has 1 saturated carbocycles. The zero-order chi connectivity index (χ0) is 20.7. The van der Waals surface area contributed by atoms with E-state index in [9.17, 15) is 9.59 Å². The van der Waals surface area contributed by atoms with Crippen LogP contribution in [0, 0.1) is 0 Å². The third kappa shape index (κ3) is 3.63.